The predicted molar refractivity (Wildman–Crippen MR) is 60.9 cm³/mol. The smallest absolute Gasteiger partial charge is 0.223 e. The molecule has 0 aromatic carbocycles. The molecule has 14 heavy (non-hydrogen) atoms. The predicted octanol–water partition coefficient (Wildman–Crippen LogP) is 2.45. The van der Waals surface area contributed by atoms with Crippen LogP contribution in [-0.4, -0.2) is 13.0 Å². The standard InChI is InChI=1S/C12H19NO/c1-5-7-8-10(3)9-11(6-2)12(14)13-4/h5,7-8,11H,1,3,6,9H2,2,4H3,(H,13,14)/b8-7-. The van der Waals surface area contributed by atoms with Gasteiger partial charge in [0.1, 0.15) is 0 Å². The van der Waals surface area contributed by atoms with E-state index < -0.39 is 0 Å². The van der Waals surface area contributed by atoms with E-state index in [-0.39, 0.29) is 11.8 Å². The molecule has 0 spiro atoms. The lowest BCUT2D eigenvalue weighted by Crippen LogP contribution is -2.27. The fraction of sp³-hybridized carbons (Fsp3) is 0.417. The summed E-state index contributed by atoms with van der Waals surface area (Å²) in [5, 5.41) is 2.65. The first-order valence-electron chi connectivity index (χ1n) is 4.84. The number of hydrogen-bond donors (Lipinski definition) is 1. The van der Waals surface area contributed by atoms with E-state index in [9.17, 15) is 4.79 Å². The van der Waals surface area contributed by atoms with Crippen molar-refractivity contribution < 1.29 is 4.79 Å². The summed E-state index contributed by atoms with van der Waals surface area (Å²) in [6.07, 6.45) is 6.96. The molecule has 0 saturated carbocycles. The molecule has 0 fully saturated rings. The van der Waals surface area contributed by atoms with Gasteiger partial charge in [-0.1, -0.05) is 43.9 Å². The molecule has 0 rings (SSSR count). The molecular weight excluding hydrogens is 174 g/mol. The molecule has 0 radical (unpaired) electrons. The normalized spacial score (nSPS) is 12.4. The second kappa shape index (κ2) is 7.13. The van der Waals surface area contributed by atoms with Crippen molar-refractivity contribution in [3.8, 4) is 0 Å². The summed E-state index contributed by atoms with van der Waals surface area (Å²) in [6.45, 7) is 9.46. The Kier molecular flexibility index (Phi) is 6.46. The summed E-state index contributed by atoms with van der Waals surface area (Å²) in [5.74, 6) is 0.114. The van der Waals surface area contributed by atoms with Crippen LogP contribution in [0.5, 0.6) is 0 Å². The van der Waals surface area contributed by atoms with E-state index in [0.717, 1.165) is 12.0 Å². The zero-order valence-electron chi connectivity index (χ0n) is 9.05. The average Bonchev–Trinajstić information content (AvgIpc) is 2.21. The molecule has 0 aromatic heterocycles. The Morgan fingerprint density at radius 1 is 1.57 bits per heavy atom. The second-order valence-corrected chi connectivity index (χ2v) is 3.18. The molecule has 0 bridgehead atoms. The van der Waals surface area contributed by atoms with Crippen molar-refractivity contribution in [1.29, 1.82) is 0 Å². The molecular formula is C12H19NO. The third-order valence-electron chi connectivity index (χ3n) is 2.09. The van der Waals surface area contributed by atoms with E-state index in [4.69, 9.17) is 0 Å². The van der Waals surface area contributed by atoms with E-state index in [1.54, 1.807) is 13.1 Å². The van der Waals surface area contributed by atoms with Crippen LogP contribution in [0.2, 0.25) is 0 Å². The van der Waals surface area contributed by atoms with Crippen LogP contribution in [-0.2, 0) is 4.79 Å². The Hall–Kier alpha value is -1.31. The molecule has 0 saturated heterocycles. The van der Waals surface area contributed by atoms with Gasteiger partial charge in [0.2, 0.25) is 5.91 Å². The van der Waals surface area contributed by atoms with Gasteiger partial charge in [0, 0.05) is 13.0 Å². The molecule has 2 heteroatoms. The minimum atomic E-state index is 0.0296. The summed E-state index contributed by atoms with van der Waals surface area (Å²) >= 11 is 0. The molecule has 0 aliphatic rings. The van der Waals surface area contributed by atoms with Crippen molar-refractivity contribution in [2.45, 2.75) is 19.8 Å². The minimum absolute atomic E-state index is 0.0296. The number of allylic oxidation sites excluding steroid dienone is 4. The highest BCUT2D eigenvalue weighted by Crippen LogP contribution is 2.15. The van der Waals surface area contributed by atoms with Gasteiger partial charge in [-0.15, -0.1) is 0 Å². The number of carbonyl (C=O) groups excluding carboxylic acids is 1. The molecule has 0 aromatic rings. The van der Waals surface area contributed by atoms with Crippen molar-refractivity contribution in [1.82, 2.24) is 5.32 Å². The van der Waals surface area contributed by atoms with Crippen LogP contribution < -0.4 is 5.32 Å². The SMILES string of the molecule is C=C/C=C\C(=C)CC(CC)C(=O)NC. The van der Waals surface area contributed by atoms with Gasteiger partial charge in [0.15, 0.2) is 0 Å². The minimum Gasteiger partial charge on any atom is -0.359 e. The maximum atomic E-state index is 11.4. The quantitative estimate of drug-likeness (QED) is 0.645. The van der Waals surface area contributed by atoms with Crippen LogP contribution in [0.3, 0.4) is 0 Å². The number of hydrogen-bond acceptors (Lipinski definition) is 1. The monoisotopic (exact) mass is 193 g/mol. The second-order valence-electron chi connectivity index (χ2n) is 3.18. The van der Waals surface area contributed by atoms with Crippen LogP contribution in [0, 0.1) is 5.92 Å². The van der Waals surface area contributed by atoms with Gasteiger partial charge in [-0.3, -0.25) is 4.79 Å². The Labute approximate surface area is 86.4 Å². The fourth-order valence-electron chi connectivity index (χ4n) is 1.22. The maximum Gasteiger partial charge on any atom is 0.223 e. The Bertz CT molecular complexity index is 241. The van der Waals surface area contributed by atoms with Crippen molar-refractivity contribution in [2.75, 3.05) is 7.05 Å². The van der Waals surface area contributed by atoms with Crippen LogP contribution in [0.4, 0.5) is 0 Å². The van der Waals surface area contributed by atoms with Gasteiger partial charge in [0.05, 0.1) is 0 Å². The highest BCUT2D eigenvalue weighted by molar-refractivity contribution is 5.78. The highest BCUT2D eigenvalue weighted by Gasteiger charge is 2.14. The Balaban J connectivity index is 4.18. The first kappa shape index (κ1) is 12.7. The maximum absolute atomic E-state index is 11.4. The van der Waals surface area contributed by atoms with E-state index in [0.29, 0.717) is 6.42 Å². The van der Waals surface area contributed by atoms with Gasteiger partial charge in [-0.25, -0.2) is 0 Å². The van der Waals surface area contributed by atoms with E-state index in [1.165, 1.54) is 0 Å². The zero-order valence-corrected chi connectivity index (χ0v) is 9.05. The van der Waals surface area contributed by atoms with Gasteiger partial charge in [-0.2, -0.15) is 0 Å². The molecule has 1 unspecified atom stereocenters. The molecule has 2 nitrogen and oxygen atoms in total. The lowest BCUT2D eigenvalue weighted by molar-refractivity contribution is -0.124. The molecule has 1 N–H and O–H groups in total. The molecule has 0 aliphatic heterocycles. The van der Waals surface area contributed by atoms with Crippen molar-refractivity contribution >= 4 is 5.91 Å². The van der Waals surface area contributed by atoms with Gasteiger partial charge < -0.3 is 5.32 Å². The Morgan fingerprint density at radius 3 is 2.64 bits per heavy atom. The lowest BCUT2D eigenvalue weighted by atomic mass is 9.96. The van der Waals surface area contributed by atoms with Gasteiger partial charge in [0.25, 0.3) is 0 Å². The summed E-state index contributed by atoms with van der Waals surface area (Å²) < 4.78 is 0. The molecule has 1 amide bonds. The third-order valence-corrected chi connectivity index (χ3v) is 2.09. The van der Waals surface area contributed by atoms with Crippen molar-refractivity contribution in [3.63, 3.8) is 0 Å². The van der Waals surface area contributed by atoms with Gasteiger partial charge >= 0.3 is 0 Å². The van der Waals surface area contributed by atoms with Crippen LogP contribution in [0.25, 0.3) is 0 Å². The largest absolute Gasteiger partial charge is 0.359 e. The van der Waals surface area contributed by atoms with Crippen molar-refractivity contribution in [2.24, 2.45) is 5.92 Å². The summed E-state index contributed by atoms with van der Waals surface area (Å²) in [4.78, 5) is 11.4. The fourth-order valence-corrected chi connectivity index (χ4v) is 1.22. The van der Waals surface area contributed by atoms with Crippen LogP contribution >= 0.6 is 0 Å². The zero-order chi connectivity index (χ0) is 11.0. The number of carbonyl (C=O) groups is 1. The van der Waals surface area contributed by atoms with Crippen molar-refractivity contribution in [3.05, 3.63) is 37.0 Å². The topological polar surface area (TPSA) is 29.1 Å². The van der Waals surface area contributed by atoms with E-state index in [1.807, 2.05) is 19.1 Å². The average molecular weight is 193 g/mol. The lowest BCUT2D eigenvalue weighted by Gasteiger charge is -2.12. The number of amides is 1. The van der Waals surface area contributed by atoms with Crippen LogP contribution in [0.1, 0.15) is 19.8 Å². The molecule has 0 heterocycles. The molecule has 78 valence electrons. The molecule has 1 atom stereocenters. The molecule has 0 aliphatic carbocycles. The number of nitrogens with one attached hydrogen (secondary N) is 1. The van der Waals surface area contributed by atoms with Crippen LogP contribution in [0.15, 0.2) is 37.0 Å². The van der Waals surface area contributed by atoms with E-state index in [2.05, 4.69) is 18.5 Å². The highest BCUT2D eigenvalue weighted by atomic mass is 16.1. The summed E-state index contributed by atoms with van der Waals surface area (Å²) in [7, 11) is 1.66. The number of rotatable bonds is 6. The third kappa shape index (κ3) is 4.65. The Morgan fingerprint density at radius 2 is 2.21 bits per heavy atom. The first-order valence-corrected chi connectivity index (χ1v) is 4.84. The summed E-state index contributed by atoms with van der Waals surface area (Å²) in [5.41, 5.74) is 0.959. The van der Waals surface area contributed by atoms with Gasteiger partial charge in [-0.05, 0) is 12.8 Å². The summed E-state index contributed by atoms with van der Waals surface area (Å²) in [6, 6.07) is 0. The van der Waals surface area contributed by atoms with E-state index >= 15 is 0 Å². The first-order chi connectivity index (χ1) is 6.65.